The molecule has 8 heteroatoms. The van der Waals surface area contributed by atoms with Gasteiger partial charge < -0.3 is 24.4 Å². The lowest BCUT2D eigenvalue weighted by molar-refractivity contribution is -0.293. The van der Waals surface area contributed by atoms with Crippen LogP contribution in [-0.2, 0) is 28.6 Å². The van der Waals surface area contributed by atoms with E-state index in [1.54, 1.807) is 0 Å². The molecular weight excluding hydrogens is 440 g/mol. The van der Waals surface area contributed by atoms with Gasteiger partial charge in [0, 0.05) is 43.9 Å². The molecule has 10 atom stereocenters. The monoisotopic (exact) mass is 478 g/mol. The number of carbonyl (C=O) groups excluding carboxylic acids is 3. The van der Waals surface area contributed by atoms with Gasteiger partial charge in [0.1, 0.15) is 18.3 Å². The number of fused-ring (bicyclic) bond motifs is 3. The van der Waals surface area contributed by atoms with E-state index in [1.165, 1.54) is 20.8 Å². The van der Waals surface area contributed by atoms with Gasteiger partial charge in [-0.05, 0) is 42.1 Å². The van der Waals surface area contributed by atoms with E-state index in [4.69, 9.17) is 14.2 Å². The third-order valence-electron chi connectivity index (χ3n) is 9.74. The molecule has 2 bridgehead atoms. The van der Waals surface area contributed by atoms with Crippen molar-refractivity contribution in [1.29, 1.82) is 0 Å². The summed E-state index contributed by atoms with van der Waals surface area (Å²) in [5, 5.41) is 22.8. The first-order valence-corrected chi connectivity index (χ1v) is 12.2. The van der Waals surface area contributed by atoms with E-state index in [0.29, 0.717) is 24.8 Å². The molecule has 0 aromatic carbocycles. The average molecular weight is 479 g/mol. The van der Waals surface area contributed by atoms with Crippen molar-refractivity contribution >= 4 is 17.9 Å². The first-order valence-electron chi connectivity index (χ1n) is 12.2. The summed E-state index contributed by atoms with van der Waals surface area (Å²) in [6.07, 6.45) is -1.96. The zero-order valence-electron chi connectivity index (χ0n) is 21.0. The van der Waals surface area contributed by atoms with Gasteiger partial charge in [0.25, 0.3) is 0 Å². The fraction of sp³-hybridized carbons (Fsp3) is 0.808. The van der Waals surface area contributed by atoms with Crippen LogP contribution in [-0.4, -0.2) is 58.6 Å². The first kappa shape index (κ1) is 25.2. The van der Waals surface area contributed by atoms with Crippen LogP contribution < -0.4 is 0 Å². The minimum atomic E-state index is -0.960. The maximum absolute atomic E-state index is 12.3. The molecule has 4 aliphatic rings. The first-order chi connectivity index (χ1) is 15.7. The van der Waals surface area contributed by atoms with E-state index in [1.807, 2.05) is 20.8 Å². The summed E-state index contributed by atoms with van der Waals surface area (Å²) in [5.41, 5.74) is -1.64. The Bertz CT molecular complexity index is 910. The fourth-order valence-electron chi connectivity index (χ4n) is 8.51. The molecule has 34 heavy (non-hydrogen) atoms. The second-order valence-corrected chi connectivity index (χ2v) is 11.8. The van der Waals surface area contributed by atoms with Crippen LogP contribution >= 0.6 is 0 Å². The molecule has 0 aromatic heterocycles. The molecule has 0 radical (unpaired) electrons. The minimum absolute atomic E-state index is 0.0804. The molecule has 4 aliphatic carbocycles. The van der Waals surface area contributed by atoms with E-state index in [0.717, 1.165) is 0 Å². The van der Waals surface area contributed by atoms with Gasteiger partial charge in [-0.25, -0.2) is 0 Å². The van der Waals surface area contributed by atoms with Crippen molar-refractivity contribution in [3.63, 3.8) is 0 Å². The van der Waals surface area contributed by atoms with Crippen molar-refractivity contribution in [2.75, 3.05) is 0 Å². The van der Waals surface area contributed by atoms with Gasteiger partial charge >= 0.3 is 17.9 Å². The Labute approximate surface area is 201 Å². The van der Waals surface area contributed by atoms with E-state index in [9.17, 15) is 24.6 Å². The lowest BCUT2D eigenvalue weighted by Crippen LogP contribution is -2.73. The van der Waals surface area contributed by atoms with E-state index >= 15 is 0 Å². The highest BCUT2D eigenvalue weighted by Crippen LogP contribution is 2.73. The van der Waals surface area contributed by atoms with Crippen LogP contribution in [0, 0.1) is 34.0 Å². The number of rotatable bonds is 3. The lowest BCUT2D eigenvalue weighted by Gasteiger charge is -2.68. The highest BCUT2D eigenvalue weighted by atomic mass is 16.6. The molecule has 4 rings (SSSR count). The van der Waals surface area contributed by atoms with Crippen LogP contribution in [0.3, 0.4) is 0 Å². The van der Waals surface area contributed by atoms with E-state index in [-0.39, 0.29) is 18.3 Å². The summed E-state index contributed by atoms with van der Waals surface area (Å²) in [4.78, 5) is 36.7. The molecule has 0 aromatic rings. The Hall–Kier alpha value is -1.93. The summed E-state index contributed by atoms with van der Waals surface area (Å²) in [5.74, 6) is -2.15. The van der Waals surface area contributed by atoms with Crippen molar-refractivity contribution in [1.82, 2.24) is 0 Å². The Kier molecular flexibility index (Phi) is 5.96. The zero-order valence-corrected chi connectivity index (χ0v) is 21.0. The largest absolute Gasteiger partial charge is 0.462 e. The Morgan fingerprint density at radius 3 is 2.00 bits per heavy atom. The molecule has 4 fully saturated rings. The van der Waals surface area contributed by atoms with Crippen LogP contribution in [0.25, 0.3) is 0 Å². The predicted octanol–water partition coefficient (Wildman–Crippen LogP) is 2.54. The number of aliphatic hydroxyl groups excluding tert-OH is 2. The molecule has 2 N–H and O–H groups in total. The highest BCUT2D eigenvalue weighted by molar-refractivity contribution is 5.67. The SMILES string of the molecule is C=C1[C@@H]2C[C@H](OC(C)=O)[C@H]3[C@]4(C)[C@@H](OC(C)=O)C[C@H](O)C(C)(C)[C@H]4C[C@H](OC(C)=O)[C@]3(C2)[C@@H]1O. The quantitative estimate of drug-likeness (QED) is 0.361. The third kappa shape index (κ3) is 3.35. The number of hydrogen-bond donors (Lipinski definition) is 2. The number of esters is 3. The maximum atomic E-state index is 12.3. The van der Waals surface area contributed by atoms with Crippen molar-refractivity contribution in [2.45, 2.75) is 97.7 Å². The normalized spacial score (nSPS) is 46.6. The van der Waals surface area contributed by atoms with Crippen molar-refractivity contribution in [3.05, 3.63) is 12.2 Å². The van der Waals surface area contributed by atoms with Crippen LogP contribution in [0.15, 0.2) is 12.2 Å². The molecule has 0 amide bonds. The molecular formula is C26H38O8. The number of aliphatic hydroxyl groups is 2. The number of hydrogen-bond acceptors (Lipinski definition) is 8. The molecule has 0 heterocycles. The van der Waals surface area contributed by atoms with Gasteiger partial charge in [-0.1, -0.05) is 27.4 Å². The number of carbonyl (C=O) groups is 3. The predicted molar refractivity (Wildman–Crippen MR) is 121 cm³/mol. The maximum Gasteiger partial charge on any atom is 0.302 e. The summed E-state index contributed by atoms with van der Waals surface area (Å²) in [6, 6.07) is 0. The molecule has 4 saturated carbocycles. The van der Waals surface area contributed by atoms with Crippen LogP contribution in [0.1, 0.15) is 67.2 Å². The summed E-state index contributed by atoms with van der Waals surface area (Å²) >= 11 is 0. The van der Waals surface area contributed by atoms with Crippen molar-refractivity contribution < 1.29 is 38.8 Å². The van der Waals surface area contributed by atoms with Crippen molar-refractivity contribution in [3.8, 4) is 0 Å². The third-order valence-corrected chi connectivity index (χ3v) is 9.74. The van der Waals surface area contributed by atoms with Gasteiger partial charge in [-0.2, -0.15) is 0 Å². The molecule has 0 aliphatic heterocycles. The summed E-state index contributed by atoms with van der Waals surface area (Å²) in [6.45, 7) is 14.2. The summed E-state index contributed by atoms with van der Waals surface area (Å²) in [7, 11) is 0. The highest BCUT2D eigenvalue weighted by Gasteiger charge is 2.76. The van der Waals surface area contributed by atoms with Crippen molar-refractivity contribution in [2.24, 2.45) is 34.0 Å². The van der Waals surface area contributed by atoms with Crippen LogP contribution in [0.2, 0.25) is 0 Å². The molecule has 8 nitrogen and oxygen atoms in total. The second-order valence-electron chi connectivity index (χ2n) is 11.8. The Balaban J connectivity index is 1.97. The standard InChI is InChI=1S/C26H38O8/c1-12-16-8-17(32-13(2)27)22-25(7)18(24(5,6)19(30)10-20(25)33-14(3)28)9-21(34-15(4)29)26(22,11-16)23(12)31/h16-23,30-31H,1,8-11H2,2-7H3/t16-,17+,18-,19+,20+,21+,22+,23-,25+,26+/m1/s1. The van der Waals surface area contributed by atoms with Gasteiger partial charge in [-0.15, -0.1) is 0 Å². The van der Waals surface area contributed by atoms with Crippen LogP contribution in [0.4, 0.5) is 0 Å². The topological polar surface area (TPSA) is 119 Å². The Morgan fingerprint density at radius 1 is 0.882 bits per heavy atom. The van der Waals surface area contributed by atoms with E-state index < -0.39 is 70.6 Å². The smallest absolute Gasteiger partial charge is 0.302 e. The van der Waals surface area contributed by atoms with Gasteiger partial charge in [0.05, 0.1) is 12.2 Å². The zero-order chi connectivity index (χ0) is 25.4. The summed E-state index contributed by atoms with van der Waals surface area (Å²) < 4.78 is 17.7. The molecule has 0 unspecified atom stereocenters. The minimum Gasteiger partial charge on any atom is -0.462 e. The van der Waals surface area contributed by atoms with Gasteiger partial charge in [-0.3, -0.25) is 14.4 Å². The molecule has 0 saturated heterocycles. The van der Waals surface area contributed by atoms with E-state index in [2.05, 4.69) is 6.58 Å². The second kappa shape index (κ2) is 8.05. The Morgan fingerprint density at radius 2 is 1.44 bits per heavy atom. The average Bonchev–Trinajstić information content (AvgIpc) is 2.89. The molecule has 190 valence electrons. The number of ether oxygens (including phenoxy) is 3. The lowest BCUT2D eigenvalue weighted by atomic mass is 9.38. The van der Waals surface area contributed by atoms with Gasteiger partial charge in [0.15, 0.2) is 0 Å². The fourth-order valence-corrected chi connectivity index (χ4v) is 8.51. The molecule has 1 spiro atoms. The van der Waals surface area contributed by atoms with Crippen LogP contribution in [0.5, 0.6) is 0 Å². The van der Waals surface area contributed by atoms with Gasteiger partial charge in [0.2, 0.25) is 0 Å².